The molecule has 3 rings (SSSR count). The third kappa shape index (κ3) is 1.97. The number of nitrogens with one attached hydrogen (secondary N) is 1. The van der Waals surface area contributed by atoms with Gasteiger partial charge >= 0.3 is 5.97 Å². The Morgan fingerprint density at radius 2 is 1.75 bits per heavy atom. The summed E-state index contributed by atoms with van der Waals surface area (Å²) in [5.41, 5.74) is 2.71. The first-order valence-corrected chi connectivity index (χ1v) is 6.11. The summed E-state index contributed by atoms with van der Waals surface area (Å²) < 4.78 is 0. The van der Waals surface area contributed by atoms with Gasteiger partial charge in [-0.1, -0.05) is 36.4 Å². The van der Waals surface area contributed by atoms with Crippen molar-refractivity contribution in [3.8, 4) is 0 Å². The maximum absolute atomic E-state index is 12.0. The molecule has 0 unspecified atom stereocenters. The van der Waals surface area contributed by atoms with Gasteiger partial charge in [-0.2, -0.15) is 0 Å². The highest BCUT2D eigenvalue weighted by atomic mass is 16.4. The number of carbonyl (C=O) groups is 2. The molecule has 0 radical (unpaired) electrons. The highest BCUT2D eigenvalue weighted by molar-refractivity contribution is 6.35. The fraction of sp³-hybridized carbons (Fsp3) is 0. The van der Waals surface area contributed by atoms with Gasteiger partial charge in [0.05, 0.1) is 5.56 Å². The second-order valence-electron chi connectivity index (χ2n) is 4.45. The van der Waals surface area contributed by atoms with E-state index in [0.717, 1.165) is 11.3 Å². The maximum atomic E-state index is 12.0. The molecule has 1 aliphatic heterocycles. The Bertz CT molecular complexity index is 747. The molecule has 0 aliphatic carbocycles. The third-order valence-corrected chi connectivity index (χ3v) is 3.20. The molecule has 4 nitrogen and oxygen atoms in total. The predicted octanol–water partition coefficient (Wildman–Crippen LogP) is 2.88. The molecule has 2 aromatic rings. The van der Waals surface area contributed by atoms with Crippen LogP contribution in [0.4, 0.5) is 5.69 Å². The summed E-state index contributed by atoms with van der Waals surface area (Å²) in [7, 11) is 0. The number of carboxylic acids is 1. The van der Waals surface area contributed by atoms with Crippen molar-refractivity contribution in [1.29, 1.82) is 0 Å². The summed E-state index contributed by atoms with van der Waals surface area (Å²) in [5.74, 6) is -1.23. The van der Waals surface area contributed by atoms with Crippen LogP contribution in [0, 0.1) is 0 Å². The van der Waals surface area contributed by atoms with E-state index in [1.165, 1.54) is 6.07 Å². The number of para-hydroxylation sites is 1. The summed E-state index contributed by atoms with van der Waals surface area (Å²) in [6.45, 7) is 0. The average Bonchev–Trinajstić information content (AvgIpc) is 2.76. The van der Waals surface area contributed by atoms with Gasteiger partial charge in [-0.15, -0.1) is 0 Å². The van der Waals surface area contributed by atoms with Gasteiger partial charge in [-0.25, -0.2) is 4.79 Å². The molecule has 2 aromatic carbocycles. The molecule has 0 fully saturated rings. The Kier molecular flexibility index (Phi) is 2.84. The van der Waals surface area contributed by atoms with Crippen LogP contribution in [0.5, 0.6) is 0 Å². The third-order valence-electron chi connectivity index (χ3n) is 3.20. The first-order chi connectivity index (χ1) is 9.66. The highest BCUT2D eigenvalue weighted by Gasteiger charge is 2.23. The minimum atomic E-state index is -1.01. The van der Waals surface area contributed by atoms with Crippen LogP contribution in [0.15, 0.2) is 48.5 Å². The van der Waals surface area contributed by atoms with Gasteiger partial charge in [0.15, 0.2) is 0 Å². The van der Waals surface area contributed by atoms with E-state index in [9.17, 15) is 14.7 Å². The molecule has 2 N–H and O–H groups in total. The monoisotopic (exact) mass is 265 g/mol. The van der Waals surface area contributed by atoms with E-state index in [-0.39, 0.29) is 11.5 Å². The van der Waals surface area contributed by atoms with Crippen LogP contribution in [0.25, 0.3) is 11.6 Å². The number of amides is 1. The van der Waals surface area contributed by atoms with Crippen molar-refractivity contribution in [1.82, 2.24) is 0 Å². The summed E-state index contributed by atoms with van der Waals surface area (Å²) in [5, 5.41) is 11.9. The number of carboxylic acid groups (broad SMARTS) is 1. The zero-order valence-corrected chi connectivity index (χ0v) is 10.5. The van der Waals surface area contributed by atoms with Crippen molar-refractivity contribution >= 4 is 29.2 Å². The van der Waals surface area contributed by atoms with Crippen LogP contribution in [-0.2, 0) is 4.79 Å². The number of hydrogen-bond acceptors (Lipinski definition) is 2. The van der Waals surface area contributed by atoms with Crippen LogP contribution in [0.3, 0.4) is 0 Å². The van der Waals surface area contributed by atoms with Gasteiger partial charge in [-0.05, 0) is 23.8 Å². The van der Waals surface area contributed by atoms with Gasteiger partial charge < -0.3 is 10.4 Å². The Morgan fingerprint density at radius 3 is 2.55 bits per heavy atom. The Balaban J connectivity index is 2.14. The number of hydrogen-bond donors (Lipinski definition) is 2. The lowest BCUT2D eigenvalue weighted by Gasteiger charge is -2.02. The molecule has 4 heteroatoms. The van der Waals surface area contributed by atoms with Crippen molar-refractivity contribution in [3.63, 3.8) is 0 Å². The molecule has 1 heterocycles. The maximum Gasteiger partial charge on any atom is 0.336 e. The van der Waals surface area contributed by atoms with Gasteiger partial charge in [0, 0.05) is 16.8 Å². The van der Waals surface area contributed by atoms with Gasteiger partial charge in [-0.3, -0.25) is 4.79 Å². The van der Waals surface area contributed by atoms with Crippen LogP contribution in [-0.4, -0.2) is 17.0 Å². The first kappa shape index (κ1) is 12.2. The molecular formula is C16H11NO3. The number of fused-ring (bicyclic) bond motifs is 1. The molecule has 0 aromatic heterocycles. The summed E-state index contributed by atoms with van der Waals surface area (Å²) in [6, 6.07) is 14.0. The van der Waals surface area contributed by atoms with E-state index in [1.54, 1.807) is 24.3 Å². The minimum absolute atomic E-state index is 0.178. The Hall–Kier alpha value is -2.88. The summed E-state index contributed by atoms with van der Waals surface area (Å²) in [6.07, 6.45) is 1.62. The topological polar surface area (TPSA) is 66.4 Å². The van der Waals surface area contributed by atoms with Crippen LogP contribution in [0.1, 0.15) is 21.5 Å². The van der Waals surface area contributed by atoms with E-state index in [1.807, 2.05) is 24.3 Å². The van der Waals surface area contributed by atoms with E-state index < -0.39 is 5.97 Å². The second-order valence-corrected chi connectivity index (χ2v) is 4.45. The molecular weight excluding hydrogens is 254 g/mol. The van der Waals surface area contributed by atoms with Gasteiger partial charge in [0.2, 0.25) is 0 Å². The molecule has 0 bridgehead atoms. The lowest BCUT2D eigenvalue weighted by atomic mass is 10.0. The van der Waals surface area contributed by atoms with Crippen molar-refractivity contribution in [2.45, 2.75) is 0 Å². The normalized spacial score (nSPS) is 15.0. The number of rotatable bonds is 2. The zero-order chi connectivity index (χ0) is 14.1. The smallest absolute Gasteiger partial charge is 0.336 e. The van der Waals surface area contributed by atoms with Gasteiger partial charge in [0.25, 0.3) is 5.91 Å². The molecule has 1 aliphatic rings. The standard InChI is InChI=1S/C16H11NO3/c18-15-13(12-7-3-4-8-14(12)17-15)9-10-5-1-2-6-11(10)16(19)20/h1-9H,(H,17,18)(H,19,20). The van der Waals surface area contributed by atoms with Crippen LogP contribution in [0.2, 0.25) is 0 Å². The molecule has 1 amide bonds. The molecule has 98 valence electrons. The quantitative estimate of drug-likeness (QED) is 0.820. The van der Waals surface area contributed by atoms with Crippen LogP contribution >= 0.6 is 0 Å². The SMILES string of the molecule is O=C1Nc2ccccc2C1=Cc1ccccc1C(=O)O. The molecule has 20 heavy (non-hydrogen) atoms. The van der Waals surface area contributed by atoms with E-state index in [2.05, 4.69) is 5.32 Å². The number of benzene rings is 2. The summed E-state index contributed by atoms with van der Waals surface area (Å²) >= 11 is 0. The largest absolute Gasteiger partial charge is 0.478 e. The molecule has 0 spiro atoms. The first-order valence-electron chi connectivity index (χ1n) is 6.11. The van der Waals surface area contributed by atoms with Crippen molar-refractivity contribution in [2.24, 2.45) is 0 Å². The average molecular weight is 265 g/mol. The predicted molar refractivity (Wildman–Crippen MR) is 76.3 cm³/mol. The lowest BCUT2D eigenvalue weighted by molar-refractivity contribution is -0.110. The van der Waals surface area contributed by atoms with Crippen LogP contribution < -0.4 is 5.32 Å². The molecule has 0 saturated carbocycles. The van der Waals surface area contributed by atoms with Crippen molar-refractivity contribution in [2.75, 3.05) is 5.32 Å². The fourth-order valence-electron chi connectivity index (χ4n) is 2.26. The van der Waals surface area contributed by atoms with E-state index >= 15 is 0 Å². The van der Waals surface area contributed by atoms with E-state index in [0.29, 0.717) is 11.1 Å². The summed E-state index contributed by atoms with van der Waals surface area (Å²) in [4.78, 5) is 23.2. The van der Waals surface area contributed by atoms with Crippen molar-refractivity contribution in [3.05, 3.63) is 65.2 Å². The molecule has 0 saturated heterocycles. The Labute approximate surface area is 115 Å². The molecule has 0 atom stereocenters. The lowest BCUT2D eigenvalue weighted by Crippen LogP contribution is -2.04. The minimum Gasteiger partial charge on any atom is -0.478 e. The second kappa shape index (κ2) is 4.66. The van der Waals surface area contributed by atoms with Gasteiger partial charge in [0.1, 0.15) is 0 Å². The van der Waals surface area contributed by atoms with Crippen molar-refractivity contribution < 1.29 is 14.7 Å². The zero-order valence-electron chi connectivity index (χ0n) is 10.5. The van der Waals surface area contributed by atoms with E-state index in [4.69, 9.17) is 0 Å². The fourth-order valence-corrected chi connectivity index (χ4v) is 2.26. The number of anilines is 1. The Morgan fingerprint density at radius 1 is 1.05 bits per heavy atom. The number of aromatic carboxylic acids is 1. The number of carbonyl (C=O) groups excluding carboxylic acids is 1. The highest BCUT2D eigenvalue weighted by Crippen LogP contribution is 2.33.